The molecule has 0 unspecified atom stereocenters. The van der Waals surface area contributed by atoms with Crippen LogP contribution in [0.15, 0.2) is 47.5 Å². The normalized spacial score (nSPS) is 10.6. The molecule has 21 heavy (non-hydrogen) atoms. The van der Waals surface area contributed by atoms with Crippen LogP contribution >= 0.6 is 11.6 Å². The number of halogens is 1. The van der Waals surface area contributed by atoms with Crippen molar-refractivity contribution in [2.75, 3.05) is 11.3 Å². The number of anilines is 1. The standard InChI is InChI=1S/C14H11ClN2O3S/c15-12-4-1-5-13(10-12)21(19,20)17-14-9-11(3-2-8-18)6-7-16-14/h1,4-7,9-10,18H,8H2,(H,16,17). The summed E-state index contributed by atoms with van der Waals surface area (Å²) >= 11 is 5.79. The first-order chi connectivity index (χ1) is 10.0. The Kier molecular flexibility index (Phi) is 4.81. The minimum absolute atomic E-state index is 0.0450. The molecule has 0 atom stereocenters. The zero-order valence-corrected chi connectivity index (χ0v) is 12.3. The number of hydrogen-bond donors (Lipinski definition) is 2. The molecule has 2 N–H and O–H groups in total. The Morgan fingerprint density at radius 2 is 2.10 bits per heavy atom. The maximum absolute atomic E-state index is 12.2. The third-order valence-corrected chi connectivity index (χ3v) is 4.00. The summed E-state index contributed by atoms with van der Waals surface area (Å²) in [6.07, 6.45) is 1.43. The van der Waals surface area contributed by atoms with Crippen LogP contribution in [-0.2, 0) is 10.0 Å². The maximum atomic E-state index is 12.2. The van der Waals surface area contributed by atoms with E-state index < -0.39 is 10.0 Å². The van der Waals surface area contributed by atoms with E-state index in [0.717, 1.165) is 0 Å². The Hall–Kier alpha value is -2.07. The van der Waals surface area contributed by atoms with Gasteiger partial charge in [-0.15, -0.1) is 0 Å². The predicted molar refractivity (Wildman–Crippen MR) is 80.5 cm³/mol. The summed E-state index contributed by atoms with van der Waals surface area (Å²) in [6, 6.07) is 9.00. The molecule has 7 heteroatoms. The van der Waals surface area contributed by atoms with Crippen LogP contribution in [0, 0.1) is 11.8 Å². The zero-order valence-electron chi connectivity index (χ0n) is 10.7. The molecule has 0 aliphatic rings. The molecule has 2 aromatic rings. The van der Waals surface area contributed by atoms with E-state index in [4.69, 9.17) is 16.7 Å². The van der Waals surface area contributed by atoms with Gasteiger partial charge in [0, 0.05) is 16.8 Å². The summed E-state index contributed by atoms with van der Waals surface area (Å²) in [5.74, 6) is 5.29. The molecule has 1 aromatic carbocycles. The summed E-state index contributed by atoms with van der Waals surface area (Å²) in [7, 11) is -3.77. The van der Waals surface area contributed by atoms with Gasteiger partial charge >= 0.3 is 0 Å². The highest BCUT2D eigenvalue weighted by Crippen LogP contribution is 2.18. The molecular formula is C14H11ClN2O3S. The highest BCUT2D eigenvalue weighted by atomic mass is 35.5. The van der Waals surface area contributed by atoms with E-state index in [1.165, 1.54) is 24.4 Å². The van der Waals surface area contributed by atoms with E-state index in [0.29, 0.717) is 10.6 Å². The first kappa shape index (κ1) is 15.3. The second kappa shape index (κ2) is 6.59. The minimum Gasteiger partial charge on any atom is -0.384 e. The third-order valence-electron chi connectivity index (χ3n) is 2.42. The Morgan fingerprint density at radius 1 is 1.29 bits per heavy atom. The number of aliphatic hydroxyl groups is 1. The topological polar surface area (TPSA) is 79.3 Å². The molecule has 1 aromatic heterocycles. The molecule has 0 fully saturated rings. The lowest BCUT2D eigenvalue weighted by atomic mass is 10.2. The Bertz CT molecular complexity index is 810. The second-order valence-electron chi connectivity index (χ2n) is 3.95. The molecule has 0 radical (unpaired) electrons. The van der Waals surface area contributed by atoms with Crippen molar-refractivity contribution in [3.63, 3.8) is 0 Å². The fourth-order valence-corrected chi connectivity index (χ4v) is 2.84. The molecule has 0 amide bonds. The van der Waals surface area contributed by atoms with Gasteiger partial charge in [-0.2, -0.15) is 0 Å². The Morgan fingerprint density at radius 3 is 2.81 bits per heavy atom. The monoisotopic (exact) mass is 322 g/mol. The SMILES string of the molecule is O=S(=O)(Nc1cc(C#CCO)ccn1)c1cccc(Cl)c1. The molecule has 0 saturated carbocycles. The first-order valence-corrected chi connectivity index (χ1v) is 7.71. The average molecular weight is 323 g/mol. The van der Waals surface area contributed by atoms with Gasteiger partial charge < -0.3 is 5.11 Å². The van der Waals surface area contributed by atoms with Crippen LogP contribution < -0.4 is 4.72 Å². The largest absolute Gasteiger partial charge is 0.384 e. The van der Waals surface area contributed by atoms with Crippen LogP contribution in [0.3, 0.4) is 0 Å². The van der Waals surface area contributed by atoms with Crippen molar-refractivity contribution >= 4 is 27.4 Å². The van der Waals surface area contributed by atoms with Crippen LogP contribution in [-0.4, -0.2) is 25.1 Å². The molecule has 0 bridgehead atoms. The van der Waals surface area contributed by atoms with Crippen LogP contribution in [0.4, 0.5) is 5.82 Å². The fraction of sp³-hybridized carbons (Fsp3) is 0.0714. The molecule has 108 valence electrons. The van der Waals surface area contributed by atoms with E-state index >= 15 is 0 Å². The Labute approximate surface area is 127 Å². The van der Waals surface area contributed by atoms with E-state index in [9.17, 15) is 8.42 Å². The first-order valence-electron chi connectivity index (χ1n) is 5.85. The predicted octanol–water partition coefficient (Wildman–Crippen LogP) is 1.88. The van der Waals surface area contributed by atoms with Crippen LogP contribution in [0.5, 0.6) is 0 Å². The van der Waals surface area contributed by atoms with E-state index in [-0.39, 0.29) is 17.3 Å². The smallest absolute Gasteiger partial charge is 0.263 e. The molecule has 0 aliphatic carbocycles. The lowest BCUT2D eigenvalue weighted by Gasteiger charge is -2.07. The number of aliphatic hydroxyl groups excluding tert-OH is 1. The number of sulfonamides is 1. The number of pyridine rings is 1. The maximum Gasteiger partial charge on any atom is 0.263 e. The quantitative estimate of drug-likeness (QED) is 0.846. The van der Waals surface area contributed by atoms with Crippen LogP contribution in [0.2, 0.25) is 5.02 Å². The Balaban J connectivity index is 2.29. The van der Waals surface area contributed by atoms with Crippen molar-refractivity contribution in [1.29, 1.82) is 0 Å². The summed E-state index contributed by atoms with van der Waals surface area (Å²) in [4.78, 5) is 3.97. The van der Waals surface area contributed by atoms with Crippen LogP contribution in [0.1, 0.15) is 5.56 Å². The van der Waals surface area contributed by atoms with Crippen molar-refractivity contribution < 1.29 is 13.5 Å². The number of rotatable bonds is 3. The summed E-state index contributed by atoms with van der Waals surface area (Å²) in [5.41, 5.74) is 0.544. The van der Waals surface area contributed by atoms with Gasteiger partial charge in [-0.3, -0.25) is 4.72 Å². The lowest BCUT2D eigenvalue weighted by Crippen LogP contribution is -2.13. The molecule has 0 saturated heterocycles. The molecule has 0 aliphatic heterocycles. The van der Waals surface area contributed by atoms with E-state index in [1.54, 1.807) is 18.2 Å². The van der Waals surface area contributed by atoms with Crippen LogP contribution in [0.25, 0.3) is 0 Å². The molecular weight excluding hydrogens is 312 g/mol. The van der Waals surface area contributed by atoms with Gasteiger partial charge in [0.25, 0.3) is 10.0 Å². The molecule has 2 rings (SSSR count). The average Bonchev–Trinajstić information content (AvgIpc) is 2.45. The summed E-state index contributed by atoms with van der Waals surface area (Å²) in [6.45, 7) is -0.272. The minimum atomic E-state index is -3.77. The van der Waals surface area contributed by atoms with Gasteiger partial charge in [-0.05, 0) is 30.3 Å². The third kappa shape index (κ3) is 4.20. The number of benzene rings is 1. The molecule has 0 spiro atoms. The van der Waals surface area contributed by atoms with Gasteiger partial charge in [0.2, 0.25) is 0 Å². The molecule has 5 nitrogen and oxygen atoms in total. The number of hydrogen-bond acceptors (Lipinski definition) is 4. The van der Waals surface area contributed by atoms with Gasteiger partial charge in [-0.1, -0.05) is 29.5 Å². The summed E-state index contributed by atoms with van der Waals surface area (Å²) in [5, 5.41) is 8.97. The van der Waals surface area contributed by atoms with Crippen molar-refractivity contribution in [1.82, 2.24) is 4.98 Å². The lowest BCUT2D eigenvalue weighted by molar-refractivity contribution is 0.350. The van der Waals surface area contributed by atoms with E-state index in [2.05, 4.69) is 21.5 Å². The van der Waals surface area contributed by atoms with Gasteiger partial charge in [-0.25, -0.2) is 13.4 Å². The van der Waals surface area contributed by atoms with Gasteiger partial charge in [0.1, 0.15) is 12.4 Å². The van der Waals surface area contributed by atoms with Gasteiger partial charge in [0.15, 0.2) is 0 Å². The van der Waals surface area contributed by atoms with Crippen molar-refractivity contribution in [2.24, 2.45) is 0 Å². The number of aromatic nitrogens is 1. The van der Waals surface area contributed by atoms with Gasteiger partial charge in [0.05, 0.1) is 4.90 Å². The number of nitrogens with zero attached hydrogens (tertiary/aromatic N) is 1. The summed E-state index contributed by atoms with van der Waals surface area (Å²) < 4.78 is 26.7. The molecule has 1 heterocycles. The highest BCUT2D eigenvalue weighted by molar-refractivity contribution is 7.92. The van der Waals surface area contributed by atoms with Crippen molar-refractivity contribution in [2.45, 2.75) is 4.90 Å². The van der Waals surface area contributed by atoms with Crippen molar-refractivity contribution in [3.8, 4) is 11.8 Å². The second-order valence-corrected chi connectivity index (χ2v) is 6.07. The zero-order chi connectivity index (χ0) is 15.3. The van der Waals surface area contributed by atoms with Crippen molar-refractivity contribution in [3.05, 3.63) is 53.2 Å². The number of nitrogens with one attached hydrogen (secondary N) is 1. The highest BCUT2D eigenvalue weighted by Gasteiger charge is 2.15. The fourth-order valence-electron chi connectivity index (χ4n) is 1.54. The van der Waals surface area contributed by atoms with E-state index in [1.807, 2.05) is 0 Å².